The Balaban J connectivity index is 2.49. The van der Waals surface area contributed by atoms with E-state index in [-0.39, 0.29) is 5.82 Å². The van der Waals surface area contributed by atoms with Crippen molar-refractivity contribution in [3.8, 4) is 5.88 Å². The maximum atomic E-state index is 11.4. The molecule has 1 aromatic rings. The molecule has 0 aromatic carbocycles. The summed E-state index contributed by atoms with van der Waals surface area (Å²) in [6.07, 6.45) is 0.870. The van der Waals surface area contributed by atoms with E-state index in [1.807, 2.05) is 0 Å². The van der Waals surface area contributed by atoms with Gasteiger partial charge in [0.1, 0.15) is 0 Å². The van der Waals surface area contributed by atoms with Gasteiger partial charge in [-0.15, -0.1) is 0 Å². The molecule has 0 spiro atoms. The number of nitrogens with zero attached hydrogens (tertiary/aromatic N) is 2. The largest absolute Gasteiger partial charge is 0.478 e. The highest BCUT2D eigenvalue weighted by molar-refractivity contribution is 5.85. The van der Waals surface area contributed by atoms with E-state index in [9.17, 15) is 4.79 Å². The lowest BCUT2D eigenvalue weighted by Crippen LogP contribution is -2.24. The lowest BCUT2D eigenvalue weighted by atomic mass is 10.3. The minimum atomic E-state index is -0.560. The molecule has 6 heteroatoms. The summed E-state index contributed by atoms with van der Waals surface area (Å²) in [5, 5.41) is 3.29. The molecule has 0 bridgehead atoms. The summed E-state index contributed by atoms with van der Waals surface area (Å²) in [5.41, 5.74) is 0.672. The molecule has 1 aromatic heterocycles. The first kappa shape index (κ1) is 15.4. The number of hydrogen-bond acceptors (Lipinski definition) is 6. The van der Waals surface area contributed by atoms with Crippen LogP contribution >= 0.6 is 0 Å². The Morgan fingerprint density at radius 1 is 1.42 bits per heavy atom. The molecule has 0 saturated heterocycles. The molecule has 0 aliphatic heterocycles. The average molecular weight is 267 g/mol. The van der Waals surface area contributed by atoms with E-state index in [0.29, 0.717) is 24.2 Å². The Hall–Kier alpha value is -1.69. The number of aromatic nitrogens is 2. The second kappa shape index (κ2) is 7.68. The van der Waals surface area contributed by atoms with Gasteiger partial charge in [-0.3, -0.25) is 0 Å². The summed E-state index contributed by atoms with van der Waals surface area (Å²) in [5.74, 6) is -0.134. The van der Waals surface area contributed by atoms with E-state index >= 15 is 0 Å². The van der Waals surface area contributed by atoms with Crippen LogP contribution in [-0.2, 0) is 4.74 Å². The molecule has 1 rings (SSSR count). The zero-order valence-electron chi connectivity index (χ0n) is 11.9. The van der Waals surface area contributed by atoms with Crippen LogP contribution in [0.25, 0.3) is 0 Å². The van der Waals surface area contributed by atoms with Crippen molar-refractivity contribution in [2.45, 2.75) is 33.2 Å². The van der Waals surface area contributed by atoms with Crippen LogP contribution in [0.1, 0.15) is 36.6 Å². The number of rotatable bonds is 7. The van der Waals surface area contributed by atoms with E-state index in [2.05, 4.69) is 33.9 Å². The van der Waals surface area contributed by atoms with Gasteiger partial charge < -0.3 is 14.8 Å². The molecule has 0 aliphatic carbocycles. The van der Waals surface area contributed by atoms with Crippen LogP contribution in [0.15, 0.2) is 6.07 Å². The average Bonchev–Trinajstić information content (AvgIpc) is 2.36. The Labute approximate surface area is 113 Å². The van der Waals surface area contributed by atoms with E-state index in [4.69, 9.17) is 4.74 Å². The number of carbonyl (C=O) groups is 1. The Kier molecular flexibility index (Phi) is 6.21. The standard InChI is InChI=1S/C13H21N3O3/c1-9(2)14-6-5-7-19-11-8-10(3)15-12(16-11)13(17)18-4/h8-9,14H,5-7H2,1-4H3. The number of carbonyl (C=O) groups excluding carboxylic acids is 1. The third-order valence-corrected chi connectivity index (χ3v) is 2.32. The van der Waals surface area contributed by atoms with Gasteiger partial charge in [-0.25, -0.2) is 9.78 Å². The molecular weight excluding hydrogens is 246 g/mol. The quantitative estimate of drug-likeness (QED) is 0.593. The van der Waals surface area contributed by atoms with Crippen LogP contribution in [-0.4, -0.2) is 42.2 Å². The van der Waals surface area contributed by atoms with E-state index in [1.165, 1.54) is 7.11 Å². The molecule has 0 saturated carbocycles. The third-order valence-electron chi connectivity index (χ3n) is 2.32. The maximum absolute atomic E-state index is 11.4. The molecule has 106 valence electrons. The van der Waals surface area contributed by atoms with Crippen LogP contribution in [0.3, 0.4) is 0 Å². The fourth-order valence-corrected chi connectivity index (χ4v) is 1.44. The molecule has 19 heavy (non-hydrogen) atoms. The fourth-order valence-electron chi connectivity index (χ4n) is 1.44. The summed E-state index contributed by atoms with van der Waals surface area (Å²) in [4.78, 5) is 19.4. The zero-order valence-corrected chi connectivity index (χ0v) is 11.9. The molecule has 0 fully saturated rings. The Bertz CT molecular complexity index is 422. The number of nitrogens with one attached hydrogen (secondary N) is 1. The van der Waals surface area contributed by atoms with Crippen molar-refractivity contribution in [3.63, 3.8) is 0 Å². The van der Waals surface area contributed by atoms with Crippen molar-refractivity contribution in [2.24, 2.45) is 0 Å². The van der Waals surface area contributed by atoms with Gasteiger partial charge in [0.05, 0.1) is 13.7 Å². The van der Waals surface area contributed by atoms with Gasteiger partial charge in [0.2, 0.25) is 11.7 Å². The molecule has 0 radical (unpaired) electrons. The van der Waals surface area contributed by atoms with Gasteiger partial charge in [-0.1, -0.05) is 13.8 Å². The topological polar surface area (TPSA) is 73.3 Å². The molecule has 0 atom stereocenters. The lowest BCUT2D eigenvalue weighted by molar-refractivity contribution is 0.0584. The molecule has 0 aliphatic rings. The Morgan fingerprint density at radius 3 is 2.79 bits per heavy atom. The second-order valence-electron chi connectivity index (χ2n) is 4.47. The van der Waals surface area contributed by atoms with Gasteiger partial charge >= 0.3 is 5.97 Å². The van der Waals surface area contributed by atoms with Crippen LogP contribution < -0.4 is 10.1 Å². The zero-order chi connectivity index (χ0) is 14.3. The van der Waals surface area contributed by atoms with Gasteiger partial charge in [-0.2, -0.15) is 4.98 Å². The minimum absolute atomic E-state index is 0.0257. The number of aryl methyl sites for hydroxylation is 1. The van der Waals surface area contributed by atoms with Gasteiger partial charge in [-0.05, 0) is 19.9 Å². The highest BCUT2D eigenvalue weighted by Crippen LogP contribution is 2.09. The minimum Gasteiger partial charge on any atom is -0.478 e. The first-order valence-corrected chi connectivity index (χ1v) is 6.33. The number of methoxy groups -OCH3 is 1. The highest BCUT2D eigenvalue weighted by Gasteiger charge is 2.11. The number of hydrogen-bond donors (Lipinski definition) is 1. The molecule has 1 N–H and O–H groups in total. The highest BCUT2D eigenvalue weighted by atomic mass is 16.5. The van der Waals surface area contributed by atoms with Crippen molar-refractivity contribution in [1.82, 2.24) is 15.3 Å². The maximum Gasteiger partial charge on any atom is 0.376 e. The van der Waals surface area contributed by atoms with Crippen LogP contribution in [0.5, 0.6) is 5.88 Å². The monoisotopic (exact) mass is 267 g/mol. The van der Waals surface area contributed by atoms with Crippen molar-refractivity contribution in [2.75, 3.05) is 20.3 Å². The van der Waals surface area contributed by atoms with E-state index < -0.39 is 5.97 Å². The molecule has 0 amide bonds. The third kappa shape index (κ3) is 5.65. The SMILES string of the molecule is COC(=O)c1nc(C)cc(OCCCNC(C)C)n1. The van der Waals surface area contributed by atoms with Crippen LogP contribution in [0.2, 0.25) is 0 Å². The van der Waals surface area contributed by atoms with Gasteiger partial charge in [0.25, 0.3) is 0 Å². The predicted octanol–water partition coefficient (Wildman–Crippen LogP) is 1.34. The normalized spacial score (nSPS) is 10.6. The first-order chi connectivity index (χ1) is 9.02. The summed E-state index contributed by atoms with van der Waals surface area (Å²) in [6, 6.07) is 2.16. The van der Waals surface area contributed by atoms with E-state index in [1.54, 1.807) is 13.0 Å². The smallest absolute Gasteiger partial charge is 0.376 e. The lowest BCUT2D eigenvalue weighted by Gasteiger charge is -2.09. The van der Waals surface area contributed by atoms with Crippen molar-refractivity contribution >= 4 is 5.97 Å². The summed E-state index contributed by atoms with van der Waals surface area (Å²) in [7, 11) is 1.30. The van der Waals surface area contributed by atoms with Gasteiger partial charge in [0.15, 0.2) is 0 Å². The van der Waals surface area contributed by atoms with Crippen LogP contribution in [0, 0.1) is 6.92 Å². The predicted molar refractivity (Wildman–Crippen MR) is 71.4 cm³/mol. The Morgan fingerprint density at radius 2 is 2.16 bits per heavy atom. The van der Waals surface area contributed by atoms with Gasteiger partial charge in [0, 0.05) is 17.8 Å². The molecule has 6 nitrogen and oxygen atoms in total. The van der Waals surface area contributed by atoms with E-state index in [0.717, 1.165) is 13.0 Å². The molecule has 0 unspecified atom stereocenters. The molecule has 1 heterocycles. The summed E-state index contributed by atoms with van der Waals surface area (Å²) in [6.45, 7) is 7.39. The fraction of sp³-hybridized carbons (Fsp3) is 0.615. The summed E-state index contributed by atoms with van der Waals surface area (Å²) >= 11 is 0. The number of esters is 1. The summed E-state index contributed by atoms with van der Waals surface area (Å²) < 4.78 is 10.1. The number of ether oxygens (including phenoxy) is 2. The second-order valence-corrected chi connectivity index (χ2v) is 4.47. The van der Waals surface area contributed by atoms with Crippen molar-refractivity contribution in [1.29, 1.82) is 0 Å². The van der Waals surface area contributed by atoms with Crippen molar-refractivity contribution < 1.29 is 14.3 Å². The van der Waals surface area contributed by atoms with Crippen molar-refractivity contribution in [3.05, 3.63) is 17.6 Å². The van der Waals surface area contributed by atoms with Crippen LogP contribution in [0.4, 0.5) is 0 Å². The first-order valence-electron chi connectivity index (χ1n) is 6.33. The molecular formula is C13H21N3O3.